The Bertz CT molecular complexity index is 417. The van der Waals surface area contributed by atoms with E-state index < -0.39 is 0 Å². The second-order valence-electron chi connectivity index (χ2n) is 11.3. The molecule has 0 aliphatic rings. The zero-order valence-corrected chi connectivity index (χ0v) is 24.4. The SMILES string of the molecule is NCCCCCCCCCCCCCCCCCCCCCCCCCCCCCCCC(=O)NO. The van der Waals surface area contributed by atoms with E-state index >= 15 is 0 Å². The molecule has 0 bridgehead atoms. The molecule has 0 spiro atoms. The van der Waals surface area contributed by atoms with Crippen LogP contribution in [-0.2, 0) is 4.79 Å². The molecule has 0 aromatic carbocycles. The second-order valence-corrected chi connectivity index (χ2v) is 11.3. The van der Waals surface area contributed by atoms with Crippen LogP contribution in [0.5, 0.6) is 0 Å². The molecule has 0 atom stereocenters. The highest BCUT2D eigenvalue weighted by Crippen LogP contribution is 2.16. The van der Waals surface area contributed by atoms with E-state index in [4.69, 9.17) is 10.9 Å². The molecule has 0 saturated heterocycles. The maximum absolute atomic E-state index is 10.9. The molecule has 0 aliphatic carbocycles. The van der Waals surface area contributed by atoms with E-state index in [1.54, 1.807) is 5.48 Å². The van der Waals surface area contributed by atoms with Gasteiger partial charge in [-0.2, -0.15) is 0 Å². The first kappa shape index (κ1) is 35.4. The van der Waals surface area contributed by atoms with Gasteiger partial charge in [-0.15, -0.1) is 0 Å². The summed E-state index contributed by atoms with van der Waals surface area (Å²) in [6.45, 7) is 0.865. The Morgan fingerprint density at radius 2 is 0.583 bits per heavy atom. The molecule has 0 fully saturated rings. The average molecular weight is 511 g/mol. The molecule has 36 heavy (non-hydrogen) atoms. The summed E-state index contributed by atoms with van der Waals surface area (Å²) in [5.74, 6) is -0.256. The van der Waals surface area contributed by atoms with Crippen LogP contribution >= 0.6 is 0 Å². The quantitative estimate of drug-likeness (QED) is 0.0493. The van der Waals surface area contributed by atoms with Crippen molar-refractivity contribution >= 4 is 5.91 Å². The van der Waals surface area contributed by atoms with Crippen molar-refractivity contribution < 1.29 is 10.0 Å². The first-order chi connectivity index (χ1) is 17.8. The molecule has 0 rings (SSSR count). The largest absolute Gasteiger partial charge is 0.330 e. The second kappa shape index (κ2) is 32.4. The number of hydrogen-bond acceptors (Lipinski definition) is 3. The van der Waals surface area contributed by atoms with Crippen molar-refractivity contribution in [1.29, 1.82) is 0 Å². The molecule has 4 heteroatoms. The predicted octanol–water partition coefficient (Wildman–Crippen LogP) is 10.2. The van der Waals surface area contributed by atoms with Crippen molar-refractivity contribution in [3.8, 4) is 0 Å². The van der Waals surface area contributed by atoms with Crippen LogP contribution in [0, 0.1) is 0 Å². The van der Waals surface area contributed by atoms with Gasteiger partial charge < -0.3 is 5.73 Å². The first-order valence-corrected chi connectivity index (χ1v) is 16.4. The van der Waals surface area contributed by atoms with Gasteiger partial charge in [-0.1, -0.05) is 173 Å². The van der Waals surface area contributed by atoms with Crippen LogP contribution in [0.2, 0.25) is 0 Å². The molecular formula is C32H66N2O2. The number of rotatable bonds is 31. The Morgan fingerprint density at radius 3 is 0.778 bits per heavy atom. The standard InChI is InChI=1S/C32H66N2O2/c33-31-29-27-25-23-21-19-17-15-13-11-9-7-5-3-1-2-4-6-8-10-12-14-16-18-20-22-24-26-28-30-32(35)34-36/h36H,1-31,33H2,(H,34,35). The lowest BCUT2D eigenvalue weighted by Crippen LogP contribution is -2.17. The first-order valence-electron chi connectivity index (χ1n) is 16.4. The van der Waals surface area contributed by atoms with Gasteiger partial charge in [0, 0.05) is 6.42 Å². The van der Waals surface area contributed by atoms with Gasteiger partial charge in [0.05, 0.1) is 0 Å². The van der Waals surface area contributed by atoms with Crippen molar-refractivity contribution in [2.45, 2.75) is 193 Å². The minimum atomic E-state index is -0.256. The third-order valence-corrected chi connectivity index (χ3v) is 7.73. The topological polar surface area (TPSA) is 75.4 Å². The lowest BCUT2D eigenvalue weighted by atomic mass is 10.0. The number of amides is 1. The summed E-state index contributed by atoms with van der Waals surface area (Å²) in [4.78, 5) is 10.9. The number of unbranched alkanes of at least 4 members (excludes halogenated alkanes) is 28. The maximum Gasteiger partial charge on any atom is 0.243 e. The Labute approximate surface area is 226 Å². The van der Waals surface area contributed by atoms with E-state index in [-0.39, 0.29) is 5.91 Å². The van der Waals surface area contributed by atoms with Crippen LogP contribution in [0.4, 0.5) is 0 Å². The number of carbonyl (C=O) groups is 1. The number of nitrogens with one attached hydrogen (secondary N) is 1. The fraction of sp³-hybridized carbons (Fsp3) is 0.969. The van der Waals surface area contributed by atoms with Crippen molar-refractivity contribution in [3.05, 3.63) is 0 Å². The van der Waals surface area contributed by atoms with E-state index in [2.05, 4.69) is 0 Å². The van der Waals surface area contributed by atoms with Crippen LogP contribution in [-0.4, -0.2) is 17.7 Å². The van der Waals surface area contributed by atoms with E-state index in [0.717, 1.165) is 19.4 Å². The highest BCUT2D eigenvalue weighted by atomic mass is 16.5. The third kappa shape index (κ3) is 31.4. The monoisotopic (exact) mass is 511 g/mol. The third-order valence-electron chi connectivity index (χ3n) is 7.73. The highest BCUT2D eigenvalue weighted by molar-refractivity contribution is 5.74. The van der Waals surface area contributed by atoms with Crippen LogP contribution in [0.1, 0.15) is 193 Å². The molecule has 4 nitrogen and oxygen atoms in total. The highest BCUT2D eigenvalue weighted by Gasteiger charge is 1.99. The lowest BCUT2D eigenvalue weighted by molar-refractivity contribution is -0.129. The summed E-state index contributed by atoms with van der Waals surface area (Å²) in [7, 11) is 0. The zero-order chi connectivity index (χ0) is 26.2. The molecule has 0 saturated carbocycles. The molecule has 0 heterocycles. The smallest absolute Gasteiger partial charge is 0.243 e. The van der Waals surface area contributed by atoms with Crippen molar-refractivity contribution in [3.63, 3.8) is 0 Å². The normalized spacial score (nSPS) is 11.3. The van der Waals surface area contributed by atoms with Crippen LogP contribution in [0.15, 0.2) is 0 Å². The summed E-state index contributed by atoms with van der Waals surface area (Å²) in [6.07, 6.45) is 40.5. The summed E-state index contributed by atoms with van der Waals surface area (Å²) in [5, 5.41) is 8.44. The average Bonchev–Trinajstić information content (AvgIpc) is 2.89. The molecule has 216 valence electrons. The van der Waals surface area contributed by atoms with Crippen LogP contribution < -0.4 is 11.2 Å². The van der Waals surface area contributed by atoms with Crippen molar-refractivity contribution in [2.75, 3.05) is 6.54 Å². The number of hydroxylamine groups is 1. The summed E-state index contributed by atoms with van der Waals surface area (Å²) in [5.41, 5.74) is 7.23. The van der Waals surface area contributed by atoms with Crippen LogP contribution in [0.25, 0.3) is 0 Å². The number of hydrogen-bond donors (Lipinski definition) is 3. The molecular weight excluding hydrogens is 444 g/mol. The minimum Gasteiger partial charge on any atom is -0.330 e. The molecule has 0 aromatic rings. The van der Waals surface area contributed by atoms with Gasteiger partial charge in [0.15, 0.2) is 0 Å². The van der Waals surface area contributed by atoms with E-state index in [9.17, 15) is 4.79 Å². The van der Waals surface area contributed by atoms with E-state index in [1.165, 1.54) is 173 Å². The van der Waals surface area contributed by atoms with Crippen LogP contribution in [0.3, 0.4) is 0 Å². The van der Waals surface area contributed by atoms with E-state index in [0.29, 0.717) is 6.42 Å². The Morgan fingerprint density at radius 1 is 0.389 bits per heavy atom. The van der Waals surface area contributed by atoms with Crippen molar-refractivity contribution in [2.24, 2.45) is 5.73 Å². The van der Waals surface area contributed by atoms with Crippen molar-refractivity contribution in [1.82, 2.24) is 5.48 Å². The van der Waals surface area contributed by atoms with Gasteiger partial charge in [0.1, 0.15) is 0 Å². The summed E-state index contributed by atoms with van der Waals surface area (Å²) >= 11 is 0. The zero-order valence-electron chi connectivity index (χ0n) is 24.4. The Kier molecular flexibility index (Phi) is 31.9. The van der Waals surface area contributed by atoms with Gasteiger partial charge in [-0.3, -0.25) is 10.0 Å². The molecule has 1 amide bonds. The summed E-state index contributed by atoms with van der Waals surface area (Å²) < 4.78 is 0. The van der Waals surface area contributed by atoms with Gasteiger partial charge in [-0.25, -0.2) is 5.48 Å². The molecule has 0 unspecified atom stereocenters. The molecule has 0 aliphatic heterocycles. The predicted molar refractivity (Wildman–Crippen MR) is 157 cm³/mol. The summed E-state index contributed by atoms with van der Waals surface area (Å²) in [6, 6.07) is 0. The van der Waals surface area contributed by atoms with Gasteiger partial charge in [-0.05, 0) is 19.4 Å². The van der Waals surface area contributed by atoms with E-state index in [1.807, 2.05) is 0 Å². The van der Waals surface area contributed by atoms with Gasteiger partial charge in [0.25, 0.3) is 0 Å². The molecule has 4 N–H and O–H groups in total. The minimum absolute atomic E-state index is 0.256. The number of nitrogens with two attached hydrogens (primary N) is 1. The molecule has 0 aromatic heterocycles. The fourth-order valence-corrected chi connectivity index (χ4v) is 5.26. The fourth-order valence-electron chi connectivity index (χ4n) is 5.26. The molecule has 0 radical (unpaired) electrons. The van der Waals surface area contributed by atoms with Gasteiger partial charge in [0.2, 0.25) is 5.91 Å². The maximum atomic E-state index is 10.9. The number of carbonyl (C=O) groups excluding carboxylic acids is 1. The Balaban J connectivity index is 3.03. The van der Waals surface area contributed by atoms with Gasteiger partial charge >= 0.3 is 0 Å². The lowest BCUT2D eigenvalue weighted by Gasteiger charge is -2.04. The Hall–Kier alpha value is -0.610.